The van der Waals surface area contributed by atoms with Crippen molar-refractivity contribution in [3.63, 3.8) is 0 Å². The van der Waals surface area contributed by atoms with Gasteiger partial charge in [0, 0.05) is 6.21 Å². The molecule has 0 N–H and O–H groups in total. The van der Waals surface area contributed by atoms with Gasteiger partial charge in [0.05, 0.1) is 6.10 Å². The molecule has 10 heavy (non-hydrogen) atoms. The molecule has 2 nitrogen and oxygen atoms in total. The Bertz CT molecular complexity index is 131. The average molecular weight is 141 g/mol. The van der Waals surface area contributed by atoms with Gasteiger partial charge in [0.1, 0.15) is 6.23 Å². The fraction of sp³-hybridized carbons (Fsp3) is 0.875. The molecular weight excluding hydrogens is 126 g/mol. The van der Waals surface area contributed by atoms with Gasteiger partial charge in [-0.05, 0) is 19.3 Å². The Hall–Kier alpha value is -0.370. The Morgan fingerprint density at radius 2 is 2.30 bits per heavy atom. The maximum Gasteiger partial charge on any atom is 0.149 e. The van der Waals surface area contributed by atoms with Crippen LogP contribution in [0.3, 0.4) is 0 Å². The zero-order valence-corrected chi connectivity index (χ0v) is 6.87. The van der Waals surface area contributed by atoms with E-state index >= 15 is 0 Å². The molecule has 1 rings (SSSR count). The molecule has 0 amide bonds. The van der Waals surface area contributed by atoms with Crippen molar-refractivity contribution >= 4 is 6.21 Å². The van der Waals surface area contributed by atoms with E-state index in [-0.39, 0.29) is 12.3 Å². The van der Waals surface area contributed by atoms with E-state index in [0.29, 0.717) is 5.92 Å². The van der Waals surface area contributed by atoms with Crippen LogP contribution in [0.5, 0.6) is 0 Å². The lowest BCUT2D eigenvalue weighted by atomic mass is 10.1. The van der Waals surface area contributed by atoms with Gasteiger partial charge in [-0.3, -0.25) is 4.99 Å². The van der Waals surface area contributed by atoms with E-state index in [2.05, 4.69) is 18.8 Å². The van der Waals surface area contributed by atoms with E-state index in [4.69, 9.17) is 4.74 Å². The third-order valence-corrected chi connectivity index (χ3v) is 1.51. The molecular formula is C8H15NO. The Kier molecular flexibility index (Phi) is 2.44. The summed E-state index contributed by atoms with van der Waals surface area (Å²) in [7, 11) is 0. The minimum atomic E-state index is 0.134. The SMILES string of the molecule is CC(C)C[C@@H]1N=C[C@@H](C)O1. The molecule has 1 aliphatic heterocycles. The second-order valence-corrected chi connectivity index (χ2v) is 3.22. The molecule has 1 aliphatic rings. The summed E-state index contributed by atoms with van der Waals surface area (Å²) in [6.45, 7) is 6.38. The minimum absolute atomic E-state index is 0.134. The van der Waals surface area contributed by atoms with Crippen molar-refractivity contribution in [2.45, 2.75) is 39.5 Å². The van der Waals surface area contributed by atoms with Crippen LogP contribution in [0, 0.1) is 5.92 Å². The first-order chi connectivity index (χ1) is 4.68. The fourth-order valence-corrected chi connectivity index (χ4v) is 1.05. The molecule has 0 fully saturated rings. The summed E-state index contributed by atoms with van der Waals surface area (Å²) in [5.41, 5.74) is 0. The van der Waals surface area contributed by atoms with E-state index in [1.165, 1.54) is 0 Å². The predicted octanol–water partition coefficient (Wildman–Crippen LogP) is 1.85. The highest BCUT2D eigenvalue weighted by Gasteiger charge is 2.16. The topological polar surface area (TPSA) is 21.6 Å². The second-order valence-electron chi connectivity index (χ2n) is 3.22. The molecule has 0 radical (unpaired) electrons. The number of aliphatic imine (C=N–C) groups is 1. The Labute approximate surface area is 62.3 Å². The van der Waals surface area contributed by atoms with Crippen molar-refractivity contribution in [1.29, 1.82) is 0 Å². The van der Waals surface area contributed by atoms with E-state index in [9.17, 15) is 0 Å². The van der Waals surface area contributed by atoms with Crippen LogP contribution in [0.25, 0.3) is 0 Å². The van der Waals surface area contributed by atoms with Gasteiger partial charge >= 0.3 is 0 Å². The lowest BCUT2D eigenvalue weighted by Crippen LogP contribution is -2.12. The number of rotatable bonds is 2. The van der Waals surface area contributed by atoms with Crippen molar-refractivity contribution in [3.05, 3.63) is 0 Å². The highest BCUT2D eigenvalue weighted by atomic mass is 16.5. The Morgan fingerprint density at radius 3 is 2.70 bits per heavy atom. The summed E-state index contributed by atoms with van der Waals surface area (Å²) < 4.78 is 5.45. The van der Waals surface area contributed by atoms with Crippen LogP contribution in [-0.4, -0.2) is 18.5 Å². The van der Waals surface area contributed by atoms with Gasteiger partial charge < -0.3 is 4.74 Å². The largest absolute Gasteiger partial charge is 0.348 e. The van der Waals surface area contributed by atoms with Crippen molar-refractivity contribution < 1.29 is 4.74 Å². The van der Waals surface area contributed by atoms with Gasteiger partial charge in [-0.1, -0.05) is 13.8 Å². The Morgan fingerprint density at radius 1 is 1.60 bits per heavy atom. The maximum absolute atomic E-state index is 5.45. The van der Waals surface area contributed by atoms with Crippen LogP contribution in [-0.2, 0) is 4.74 Å². The van der Waals surface area contributed by atoms with E-state index in [1.807, 2.05) is 13.1 Å². The molecule has 0 aromatic rings. The summed E-state index contributed by atoms with van der Waals surface area (Å²) in [6.07, 6.45) is 3.28. The van der Waals surface area contributed by atoms with Crippen molar-refractivity contribution in [2.24, 2.45) is 10.9 Å². The fourth-order valence-electron chi connectivity index (χ4n) is 1.05. The summed E-state index contributed by atoms with van der Waals surface area (Å²) >= 11 is 0. The third kappa shape index (κ3) is 2.10. The van der Waals surface area contributed by atoms with Crippen LogP contribution >= 0.6 is 0 Å². The van der Waals surface area contributed by atoms with Gasteiger partial charge in [-0.15, -0.1) is 0 Å². The molecule has 2 heteroatoms. The first-order valence-corrected chi connectivity index (χ1v) is 3.87. The van der Waals surface area contributed by atoms with Crippen molar-refractivity contribution in [1.82, 2.24) is 0 Å². The lowest BCUT2D eigenvalue weighted by Gasteiger charge is -2.10. The minimum Gasteiger partial charge on any atom is -0.348 e. The molecule has 0 spiro atoms. The van der Waals surface area contributed by atoms with E-state index in [0.717, 1.165) is 6.42 Å². The highest BCUT2D eigenvalue weighted by molar-refractivity contribution is 5.64. The summed E-state index contributed by atoms with van der Waals surface area (Å²) in [5, 5.41) is 0. The molecule has 0 unspecified atom stereocenters. The molecule has 0 bridgehead atoms. The van der Waals surface area contributed by atoms with Crippen LogP contribution in [0.2, 0.25) is 0 Å². The van der Waals surface area contributed by atoms with Crippen LogP contribution < -0.4 is 0 Å². The number of nitrogens with zero attached hydrogens (tertiary/aromatic N) is 1. The van der Waals surface area contributed by atoms with Gasteiger partial charge in [-0.25, -0.2) is 0 Å². The molecule has 0 saturated heterocycles. The van der Waals surface area contributed by atoms with Gasteiger partial charge in [0.15, 0.2) is 0 Å². The normalized spacial score (nSPS) is 32.0. The smallest absolute Gasteiger partial charge is 0.149 e. The first-order valence-electron chi connectivity index (χ1n) is 3.87. The Balaban J connectivity index is 2.26. The van der Waals surface area contributed by atoms with E-state index in [1.54, 1.807) is 0 Å². The molecule has 0 aromatic carbocycles. The maximum atomic E-state index is 5.45. The van der Waals surface area contributed by atoms with Gasteiger partial charge in [0.25, 0.3) is 0 Å². The number of hydrogen-bond donors (Lipinski definition) is 0. The van der Waals surface area contributed by atoms with Crippen molar-refractivity contribution in [3.8, 4) is 0 Å². The molecule has 58 valence electrons. The molecule has 2 atom stereocenters. The number of hydrogen-bond acceptors (Lipinski definition) is 2. The zero-order valence-electron chi connectivity index (χ0n) is 6.87. The monoisotopic (exact) mass is 141 g/mol. The quantitative estimate of drug-likeness (QED) is 0.575. The van der Waals surface area contributed by atoms with Gasteiger partial charge in [-0.2, -0.15) is 0 Å². The molecule has 0 aliphatic carbocycles. The van der Waals surface area contributed by atoms with Crippen LogP contribution in [0.4, 0.5) is 0 Å². The predicted molar refractivity (Wildman–Crippen MR) is 42.3 cm³/mol. The second kappa shape index (κ2) is 3.15. The summed E-state index contributed by atoms with van der Waals surface area (Å²) in [5.74, 6) is 0.674. The van der Waals surface area contributed by atoms with E-state index < -0.39 is 0 Å². The van der Waals surface area contributed by atoms with Crippen LogP contribution in [0.15, 0.2) is 4.99 Å². The first kappa shape index (κ1) is 7.73. The van der Waals surface area contributed by atoms with Gasteiger partial charge in [0.2, 0.25) is 0 Å². The number of ether oxygens (including phenoxy) is 1. The highest BCUT2D eigenvalue weighted by Crippen LogP contribution is 2.14. The standard InChI is InChI=1S/C8H15NO/c1-6(2)4-8-9-5-7(3)10-8/h5-8H,4H2,1-3H3/t7-,8-/m1/s1. The molecule has 0 aromatic heterocycles. The van der Waals surface area contributed by atoms with Crippen molar-refractivity contribution in [2.75, 3.05) is 0 Å². The third-order valence-electron chi connectivity index (χ3n) is 1.51. The lowest BCUT2D eigenvalue weighted by molar-refractivity contribution is 0.0474. The molecule has 0 saturated carbocycles. The zero-order chi connectivity index (χ0) is 7.56. The summed E-state index contributed by atoms with van der Waals surface area (Å²) in [6, 6.07) is 0. The molecule has 1 heterocycles. The average Bonchev–Trinajstić information content (AvgIpc) is 2.13. The van der Waals surface area contributed by atoms with Crippen LogP contribution in [0.1, 0.15) is 27.2 Å². The summed E-state index contributed by atoms with van der Waals surface area (Å²) in [4.78, 5) is 4.21.